The Morgan fingerprint density at radius 3 is 2.36 bits per heavy atom. The normalized spacial score (nSPS) is 26.7. The maximum absolute atomic E-state index is 13.7. The van der Waals surface area contributed by atoms with Crippen LogP contribution >= 0.6 is 15.9 Å². The predicted molar refractivity (Wildman–Crippen MR) is 84.2 cm³/mol. The van der Waals surface area contributed by atoms with E-state index >= 15 is 0 Å². The monoisotopic (exact) mass is 378 g/mol. The van der Waals surface area contributed by atoms with Crippen LogP contribution in [0.1, 0.15) is 33.1 Å². The van der Waals surface area contributed by atoms with Gasteiger partial charge in [0.05, 0.1) is 12.1 Å². The molecule has 0 aromatic heterocycles. The number of rotatable bonds is 5. The summed E-state index contributed by atoms with van der Waals surface area (Å²) in [5, 5.41) is 10.1. The fraction of sp³-hybridized carbons (Fsp3) is 0.625. The SMILES string of the molecule is C[C@@H]1CCC[C@H](C)[NH+]1C[C@H](O)COc1c(F)cc(Br)cc1F. The van der Waals surface area contributed by atoms with Crippen LogP contribution in [0.5, 0.6) is 5.75 Å². The second-order valence-electron chi connectivity index (χ2n) is 6.18. The van der Waals surface area contributed by atoms with E-state index in [-0.39, 0.29) is 6.61 Å². The van der Waals surface area contributed by atoms with E-state index in [2.05, 4.69) is 29.8 Å². The molecule has 124 valence electrons. The van der Waals surface area contributed by atoms with Crippen LogP contribution in [0.25, 0.3) is 0 Å². The molecule has 0 spiro atoms. The summed E-state index contributed by atoms with van der Waals surface area (Å²) in [6, 6.07) is 3.26. The second-order valence-corrected chi connectivity index (χ2v) is 7.09. The molecule has 0 amide bonds. The summed E-state index contributed by atoms with van der Waals surface area (Å²) >= 11 is 3.02. The van der Waals surface area contributed by atoms with Gasteiger partial charge >= 0.3 is 0 Å². The van der Waals surface area contributed by atoms with Crippen molar-refractivity contribution in [1.29, 1.82) is 0 Å². The molecule has 1 aliphatic heterocycles. The fourth-order valence-corrected chi connectivity index (χ4v) is 3.57. The van der Waals surface area contributed by atoms with Crippen molar-refractivity contribution in [1.82, 2.24) is 0 Å². The average molecular weight is 379 g/mol. The van der Waals surface area contributed by atoms with Crippen LogP contribution in [-0.2, 0) is 0 Å². The highest BCUT2D eigenvalue weighted by molar-refractivity contribution is 9.10. The number of piperidine rings is 1. The molecule has 2 rings (SSSR count). The van der Waals surface area contributed by atoms with Gasteiger partial charge in [-0.2, -0.15) is 0 Å². The van der Waals surface area contributed by atoms with Crippen molar-refractivity contribution in [2.24, 2.45) is 0 Å². The second kappa shape index (κ2) is 7.70. The van der Waals surface area contributed by atoms with Crippen molar-refractivity contribution in [3.05, 3.63) is 28.2 Å². The number of benzene rings is 1. The highest BCUT2D eigenvalue weighted by atomic mass is 79.9. The number of halogens is 3. The van der Waals surface area contributed by atoms with Gasteiger partial charge in [0.2, 0.25) is 0 Å². The first kappa shape index (κ1) is 17.6. The lowest BCUT2D eigenvalue weighted by molar-refractivity contribution is -0.954. The largest absolute Gasteiger partial charge is 0.485 e. The minimum absolute atomic E-state index is 0.113. The standard InChI is InChI=1S/C16H22BrF2NO2/c1-10-4-3-5-11(2)20(10)8-13(21)9-22-16-14(18)6-12(17)7-15(16)19/h6-7,10-11,13,21H,3-5,8-9H2,1-2H3/p+1/t10-,11+,13-/m0/s1. The third kappa shape index (κ3) is 4.40. The number of nitrogens with one attached hydrogen (secondary N) is 1. The molecule has 3 nitrogen and oxygen atoms in total. The highest BCUT2D eigenvalue weighted by Crippen LogP contribution is 2.25. The first-order chi connectivity index (χ1) is 10.4. The summed E-state index contributed by atoms with van der Waals surface area (Å²) in [5.41, 5.74) is 0. The molecule has 0 radical (unpaired) electrons. The van der Waals surface area contributed by atoms with Crippen LogP contribution in [-0.4, -0.2) is 36.4 Å². The van der Waals surface area contributed by atoms with Crippen molar-refractivity contribution in [2.75, 3.05) is 13.2 Å². The zero-order chi connectivity index (χ0) is 16.3. The van der Waals surface area contributed by atoms with E-state index in [0.717, 1.165) is 25.0 Å². The highest BCUT2D eigenvalue weighted by Gasteiger charge is 2.30. The topological polar surface area (TPSA) is 33.9 Å². The van der Waals surface area contributed by atoms with Gasteiger partial charge in [0.1, 0.15) is 19.3 Å². The molecular formula is C16H23BrF2NO2+. The molecule has 0 saturated carbocycles. The summed E-state index contributed by atoms with van der Waals surface area (Å²) in [6.45, 7) is 4.76. The number of hydrogen-bond acceptors (Lipinski definition) is 2. The zero-order valence-corrected chi connectivity index (χ0v) is 14.5. The lowest BCUT2D eigenvalue weighted by atomic mass is 9.97. The molecule has 1 fully saturated rings. The maximum Gasteiger partial charge on any atom is 0.190 e. The molecule has 1 unspecified atom stereocenters. The Bertz CT molecular complexity index is 482. The van der Waals surface area contributed by atoms with E-state index in [1.165, 1.54) is 11.3 Å². The summed E-state index contributed by atoms with van der Waals surface area (Å²) in [5.74, 6) is -1.98. The van der Waals surface area contributed by atoms with Crippen LogP contribution < -0.4 is 9.64 Å². The molecule has 6 heteroatoms. The van der Waals surface area contributed by atoms with Gasteiger partial charge < -0.3 is 14.7 Å². The lowest BCUT2D eigenvalue weighted by Gasteiger charge is -2.36. The minimum atomic E-state index is -0.772. The van der Waals surface area contributed by atoms with E-state index in [9.17, 15) is 13.9 Å². The molecule has 22 heavy (non-hydrogen) atoms. The Balaban J connectivity index is 1.91. The lowest BCUT2D eigenvalue weighted by Crippen LogP contribution is -3.20. The van der Waals surface area contributed by atoms with E-state index in [1.807, 2.05) is 0 Å². The van der Waals surface area contributed by atoms with E-state index in [0.29, 0.717) is 23.1 Å². The number of aliphatic hydroxyl groups is 1. The summed E-state index contributed by atoms with van der Waals surface area (Å²) in [4.78, 5) is 1.33. The molecule has 1 aromatic rings. The molecule has 1 saturated heterocycles. The number of ether oxygens (including phenoxy) is 1. The third-order valence-electron chi connectivity index (χ3n) is 4.39. The molecule has 0 aliphatic carbocycles. The van der Waals surface area contributed by atoms with Crippen LogP contribution in [0.4, 0.5) is 8.78 Å². The molecule has 2 N–H and O–H groups in total. The number of hydrogen-bond donors (Lipinski definition) is 2. The number of likely N-dealkylation sites (tertiary alicyclic amines) is 1. The van der Waals surface area contributed by atoms with Crippen LogP contribution in [0, 0.1) is 11.6 Å². The van der Waals surface area contributed by atoms with Gasteiger partial charge in [-0.15, -0.1) is 0 Å². The zero-order valence-electron chi connectivity index (χ0n) is 12.9. The Kier molecular flexibility index (Phi) is 6.17. The van der Waals surface area contributed by atoms with Gasteiger partial charge in [0, 0.05) is 4.47 Å². The van der Waals surface area contributed by atoms with Crippen LogP contribution in [0.3, 0.4) is 0 Å². The Morgan fingerprint density at radius 2 is 1.82 bits per heavy atom. The van der Waals surface area contributed by atoms with Crippen molar-refractivity contribution < 1.29 is 23.5 Å². The van der Waals surface area contributed by atoms with Gasteiger partial charge in [-0.3, -0.25) is 0 Å². The average Bonchev–Trinajstić information content (AvgIpc) is 2.42. The fourth-order valence-electron chi connectivity index (χ4n) is 3.17. The number of aliphatic hydroxyl groups excluding tert-OH is 1. The molecular weight excluding hydrogens is 356 g/mol. The van der Waals surface area contributed by atoms with E-state index in [1.54, 1.807) is 0 Å². The quantitative estimate of drug-likeness (QED) is 0.824. The third-order valence-corrected chi connectivity index (χ3v) is 4.85. The van der Waals surface area contributed by atoms with Crippen molar-refractivity contribution >= 4 is 15.9 Å². The summed E-state index contributed by atoms with van der Waals surface area (Å²) in [7, 11) is 0. The van der Waals surface area contributed by atoms with E-state index < -0.39 is 23.5 Å². The van der Waals surface area contributed by atoms with E-state index in [4.69, 9.17) is 4.74 Å². The van der Waals surface area contributed by atoms with Gasteiger partial charge in [-0.05, 0) is 45.2 Å². The molecule has 1 aromatic carbocycles. The summed E-state index contributed by atoms with van der Waals surface area (Å²) < 4.78 is 32.8. The van der Waals surface area contributed by atoms with Crippen LogP contribution in [0.2, 0.25) is 0 Å². The van der Waals surface area contributed by atoms with Crippen molar-refractivity contribution in [2.45, 2.75) is 51.3 Å². The first-order valence-corrected chi connectivity index (χ1v) is 8.48. The van der Waals surface area contributed by atoms with Gasteiger partial charge in [-0.1, -0.05) is 15.9 Å². The van der Waals surface area contributed by atoms with Gasteiger partial charge in [0.25, 0.3) is 0 Å². The maximum atomic E-state index is 13.7. The molecule has 1 heterocycles. The summed E-state index contributed by atoms with van der Waals surface area (Å²) in [6.07, 6.45) is 2.75. The molecule has 0 bridgehead atoms. The Hall–Kier alpha value is -0.720. The smallest absolute Gasteiger partial charge is 0.190 e. The van der Waals surface area contributed by atoms with Crippen molar-refractivity contribution in [3.63, 3.8) is 0 Å². The van der Waals surface area contributed by atoms with Gasteiger partial charge in [0.15, 0.2) is 17.4 Å². The minimum Gasteiger partial charge on any atom is -0.485 e. The van der Waals surface area contributed by atoms with Crippen LogP contribution in [0.15, 0.2) is 16.6 Å². The molecule has 1 aliphatic rings. The first-order valence-electron chi connectivity index (χ1n) is 7.69. The Morgan fingerprint density at radius 1 is 1.27 bits per heavy atom. The van der Waals surface area contributed by atoms with Gasteiger partial charge in [-0.25, -0.2) is 8.78 Å². The predicted octanol–water partition coefficient (Wildman–Crippen LogP) is 2.31. The number of quaternary nitrogens is 1. The van der Waals surface area contributed by atoms with Crippen molar-refractivity contribution in [3.8, 4) is 5.75 Å². The molecule has 4 atom stereocenters. The Labute approximate surface area is 138 Å².